The zero-order valence-electron chi connectivity index (χ0n) is 13.4. The van der Waals surface area contributed by atoms with Crippen LogP contribution in [0.15, 0.2) is 23.1 Å². The molecule has 120 valence electrons. The largest absolute Gasteiger partial charge is 0.350 e. The number of carbonyl (C=O) groups excluding carboxylic acids is 2. The van der Waals surface area contributed by atoms with Crippen molar-refractivity contribution in [2.24, 2.45) is 5.92 Å². The van der Waals surface area contributed by atoms with Crippen molar-refractivity contribution in [2.75, 3.05) is 11.1 Å². The predicted molar refractivity (Wildman–Crippen MR) is 91.4 cm³/mol. The van der Waals surface area contributed by atoms with Crippen LogP contribution in [0.3, 0.4) is 0 Å². The SMILES string of the molecule is CC(C)CCC[C@H](C)NC(=O)c1ccc2c(c1)NC(=O)CS2. The van der Waals surface area contributed by atoms with Gasteiger partial charge in [-0.15, -0.1) is 11.8 Å². The van der Waals surface area contributed by atoms with Gasteiger partial charge in [-0.1, -0.05) is 26.7 Å². The van der Waals surface area contributed by atoms with Gasteiger partial charge in [-0.25, -0.2) is 0 Å². The minimum atomic E-state index is -0.0790. The van der Waals surface area contributed by atoms with Gasteiger partial charge in [0, 0.05) is 16.5 Å². The molecule has 0 aliphatic carbocycles. The molecule has 1 aromatic rings. The first-order chi connectivity index (χ1) is 10.5. The fraction of sp³-hybridized carbons (Fsp3) is 0.529. The van der Waals surface area contributed by atoms with Gasteiger partial charge in [-0.3, -0.25) is 9.59 Å². The van der Waals surface area contributed by atoms with Gasteiger partial charge in [-0.05, 0) is 37.5 Å². The quantitative estimate of drug-likeness (QED) is 0.840. The molecule has 0 saturated carbocycles. The van der Waals surface area contributed by atoms with Gasteiger partial charge < -0.3 is 10.6 Å². The molecule has 0 spiro atoms. The molecule has 0 aromatic heterocycles. The van der Waals surface area contributed by atoms with Crippen molar-refractivity contribution in [1.29, 1.82) is 0 Å². The molecule has 2 N–H and O–H groups in total. The first-order valence-corrected chi connectivity index (χ1v) is 8.82. The minimum Gasteiger partial charge on any atom is -0.350 e. The summed E-state index contributed by atoms with van der Waals surface area (Å²) in [5.41, 5.74) is 1.33. The number of hydrogen-bond donors (Lipinski definition) is 2. The Bertz CT molecular complexity index is 558. The highest BCUT2D eigenvalue weighted by molar-refractivity contribution is 8.00. The number of thioether (sulfide) groups is 1. The Balaban J connectivity index is 1.92. The number of fused-ring (bicyclic) bond motifs is 1. The summed E-state index contributed by atoms with van der Waals surface area (Å²) in [6.07, 6.45) is 3.29. The molecule has 1 aliphatic rings. The molecule has 22 heavy (non-hydrogen) atoms. The van der Waals surface area contributed by atoms with Gasteiger partial charge in [0.2, 0.25) is 5.91 Å². The zero-order valence-corrected chi connectivity index (χ0v) is 14.3. The van der Waals surface area contributed by atoms with E-state index in [0.717, 1.165) is 23.4 Å². The van der Waals surface area contributed by atoms with Gasteiger partial charge in [-0.2, -0.15) is 0 Å². The average Bonchev–Trinajstić information content (AvgIpc) is 2.45. The summed E-state index contributed by atoms with van der Waals surface area (Å²) in [5, 5.41) is 5.84. The van der Waals surface area contributed by atoms with Crippen LogP contribution < -0.4 is 10.6 Å². The van der Waals surface area contributed by atoms with E-state index in [0.29, 0.717) is 17.2 Å². The van der Waals surface area contributed by atoms with E-state index in [1.54, 1.807) is 6.07 Å². The number of carbonyl (C=O) groups is 2. The molecule has 0 radical (unpaired) electrons. The smallest absolute Gasteiger partial charge is 0.251 e. The molecule has 0 unspecified atom stereocenters. The van der Waals surface area contributed by atoms with E-state index in [2.05, 4.69) is 24.5 Å². The van der Waals surface area contributed by atoms with Crippen LogP contribution in [0.2, 0.25) is 0 Å². The maximum atomic E-state index is 12.3. The number of nitrogens with one attached hydrogen (secondary N) is 2. The first-order valence-electron chi connectivity index (χ1n) is 7.83. The topological polar surface area (TPSA) is 58.2 Å². The third-order valence-corrected chi connectivity index (χ3v) is 4.74. The van der Waals surface area contributed by atoms with Crippen molar-refractivity contribution in [1.82, 2.24) is 5.32 Å². The fourth-order valence-electron chi connectivity index (χ4n) is 2.44. The molecule has 5 heteroatoms. The van der Waals surface area contributed by atoms with Gasteiger partial charge >= 0.3 is 0 Å². The van der Waals surface area contributed by atoms with Crippen molar-refractivity contribution >= 4 is 29.3 Å². The highest BCUT2D eigenvalue weighted by Crippen LogP contribution is 2.31. The number of hydrogen-bond acceptors (Lipinski definition) is 3. The first kappa shape index (κ1) is 16.9. The Labute approximate surface area is 136 Å². The Kier molecular flexibility index (Phi) is 5.89. The number of benzene rings is 1. The van der Waals surface area contributed by atoms with Crippen LogP contribution in [0.5, 0.6) is 0 Å². The summed E-state index contributed by atoms with van der Waals surface area (Å²) >= 11 is 1.50. The lowest BCUT2D eigenvalue weighted by Gasteiger charge is -2.18. The van der Waals surface area contributed by atoms with Crippen LogP contribution in [-0.2, 0) is 4.79 Å². The van der Waals surface area contributed by atoms with Gasteiger partial charge in [0.1, 0.15) is 0 Å². The summed E-state index contributed by atoms with van der Waals surface area (Å²) in [6, 6.07) is 5.64. The van der Waals surface area contributed by atoms with Crippen molar-refractivity contribution in [2.45, 2.75) is 51.0 Å². The van der Waals surface area contributed by atoms with Crippen LogP contribution in [0.1, 0.15) is 50.4 Å². The summed E-state index contributed by atoms with van der Waals surface area (Å²) < 4.78 is 0. The van der Waals surface area contributed by atoms with E-state index >= 15 is 0 Å². The normalized spacial score (nSPS) is 15.2. The number of amides is 2. The van der Waals surface area contributed by atoms with Crippen molar-refractivity contribution in [3.05, 3.63) is 23.8 Å². The summed E-state index contributed by atoms with van der Waals surface area (Å²) in [5.74, 6) is 1.04. The van der Waals surface area contributed by atoms with Crippen molar-refractivity contribution < 1.29 is 9.59 Å². The molecule has 1 aliphatic heterocycles. The molecule has 4 nitrogen and oxygen atoms in total. The number of rotatable bonds is 6. The minimum absolute atomic E-state index is 0.0166. The molecule has 2 rings (SSSR count). The van der Waals surface area contributed by atoms with E-state index < -0.39 is 0 Å². The maximum absolute atomic E-state index is 12.3. The molecule has 0 bridgehead atoms. The molecular weight excluding hydrogens is 296 g/mol. The van der Waals surface area contributed by atoms with Crippen molar-refractivity contribution in [3.8, 4) is 0 Å². The zero-order chi connectivity index (χ0) is 16.1. The molecular formula is C17H24N2O2S. The van der Waals surface area contributed by atoms with E-state index in [9.17, 15) is 9.59 Å². The highest BCUT2D eigenvalue weighted by Gasteiger charge is 2.18. The van der Waals surface area contributed by atoms with Crippen molar-refractivity contribution in [3.63, 3.8) is 0 Å². The second-order valence-corrected chi connectivity index (χ2v) is 7.26. The van der Waals surface area contributed by atoms with Crippen LogP contribution in [0.4, 0.5) is 5.69 Å². The average molecular weight is 320 g/mol. The summed E-state index contributed by atoms with van der Waals surface area (Å²) in [7, 11) is 0. The van der Waals surface area contributed by atoms with Crippen LogP contribution in [0.25, 0.3) is 0 Å². The lowest BCUT2D eigenvalue weighted by molar-refractivity contribution is -0.113. The molecule has 1 aromatic carbocycles. The Morgan fingerprint density at radius 1 is 1.32 bits per heavy atom. The highest BCUT2D eigenvalue weighted by atomic mass is 32.2. The third kappa shape index (κ3) is 4.77. The second kappa shape index (κ2) is 7.68. The third-order valence-electron chi connectivity index (χ3n) is 3.67. The molecule has 1 atom stereocenters. The molecule has 0 saturated heterocycles. The van der Waals surface area contributed by atoms with E-state index in [4.69, 9.17) is 0 Å². The van der Waals surface area contributed by atoms with Gasteiger partial charge in [0.15, 0.2) is 0 Å². The number of anilines is 1. The maximum Gasteiger partial charge on any atom is 0.251 e. The standard InChI is InChI=1S/C17H24N2O2S/c1-11(2)5-4-6-12(3)18-17(21)13-7-8-15-14(9-13)19-16(20)10-22-15/h7-9,11-12H,4-6,10H2,1-3H3,(H,18,21)(H,19,20)/t12-/m0/s1. The monoisotopic (exact) mass is 320 g/mol. The van der Waals surface area contributed by atoms with Crippen LogP contribution in [0, 0.1) is 5.92 Å². The van der Waals surface area contributed by atoms with E-state index in [1.807, 2.05) is 19.1 Å². The molecule has 2 amide bonds. The van der Waals surface area contributed by atoms with Gasteiger partial charge in [0.25, 0.3) is 5.91 Å². The van der Waals surface area contributed by atoms with E-state index in [1.165, 1.54) is 18.2 Å². The Morgan fingerprint density at radius 2 is 2.09 bits per heavy atom. The molecule has 1 heterocycles. The van der Waals surface area contributed by atoms with Gasteiger partial charge in [0.05, 0.1) is 11.4 Å². The lowest BCUT2D eigenvalue weighted by atomic mass is 10.0. The predicted octanol–water partition coefficient (Wildman–Crippen LogP) is 3.68. The van der Waals surface area contributed by atoms with E-state index in [-0.39, 0.29) is 17.9 Å². The lowest BCUT2D eigenvalue weighted by Crippen LogP contribution is -2.32. The summed E-state index contributed by atoms with van der Waals surface area (Å²) in [4.78, 5) is 24.7. The Hall–Kier alpha value is -1.49. The van der Waals surface area contributed by atoms with Crippen LogP contribution >= 0.6 is 11.8 Å². The Morgan fingerprint density at radius 3 is 2.82 bits per heavy atom. The molecule has 0 fully saturated rings. The second-order valence-electron chi connectivity index (χ2n) is 6.25. The summed E-state index contributed by atoms with van der Waals surface area (Å²) in [6.45, 7) is 6.46. The fourth-order valence-corrected chi connectivity index (χ4v) is 3.22. The van der Waals surface area contributed by atoms with Crippen LogP contribution in [-0.4, -0.2) is 23.6 Å².